The zero-order chi connectivity index (χ0) is 27.1. The topological polar surface area (TPSA) is 141 Å². The Labute approximate surface area is 229 Å². The predicted molar refractivity (Wildman–Crippen MR) is 150 cm³/mol. The first-order chi connectivity index (χ1) is 18.8. The van der Waals surface area contributed by atoms with Gasteiger partial charge in [-0.25, -0.2) is 23.4 Å². The van der Waals surface area contributed by atoms with Crippen molar-refractivity contribution < 1.29 is 13.2 Å². The van der Waals surface area contributed by atoms with Gasteiger partial charge in [-0.2, -0.15) is 4.31 Å². The molecule has 2 aromatic heterocycles. The van der Waals surface area contributed by atoms with Gasteiger partial charge in [0, 0.05) is 54.3 Å². The van der Waals surface area contributed by atoms with Gasteiger partial charge in [0.15, 0.2) is 0 Å². The van der Waals surface area contributed by atoms with Crippen molar-refractivity contribution in [2.24, 2.45) is 11.7 Å². The number of rotatable bonds is 5. The van der Waals surface area contributed by atoms with Gasteiger partial charge < -0.3 is 21.1 Å². The first kappa shape index (κ1) is 26.0. The third kappa shape index (κ3) is 4.94. The Morgan fingerprint density at radius 2 is 1.97 bits per heavy atom. The molecule has 3 aliphatic rings. The minimum atomic E-state index is -3.80. The summed E-state index contributed by atoms with van der Waals surface area (Å²) in [7, 11) is -3.80. The minimum Gasteiger partial charge on any atom is -0.491 e. The molecule has 206 valence electrons. The molecule has 0 unspecified atom stereocenters. The molecule has 0 amide bonds. The summed E-state index contributed by atoms with van der Waals surface area (Å²) in [5.74, 6) is 2.48. The summed E-state index contributed by atoms with van der Waals surface area (Å²) in [5, 5.41) is 0. The van der Waals surface area contributed by atoms with Crippen LogP contribution in [-0.2, 0) is 29.4 Å². The highest BCUT2D eigenvalue weighted by atomic mass is 32.2. The van der Waals surface area contributed by atoms with Gasteiger partial charge in [0.1, 0.15) is 35.2 Å². The lowest BCUT2D eigenvalue weighted by atomic mass is 9.85. The maximum atomic E-state index is 13.3. The van der Waals surface area contributed by atoms with E-state index in [0.717, 1.165) is 47.7 Å². The fourth-order valence-corrected chi connectivity index (χ4v) is 7.51. The lowest BCUT2D eigenvalue weighted by molar-refractivity contribution is 0.331. The van der Waals surface area contributed by atoms with Crippen molar-refractivity contribution in [1.29, 1.82) is 0 Å². The highest BCUT2D eigenvalue weighted by Gasteiger charge is 2.33. The summed E-state index contributed by atoms with van der Waals surface area (Å²) in [6.07, 6.45) is 8.25. The Kier molecular flexibility index (Phi) is 6.90. The molecule has 1 fully saturated rings. The molecule has 0 spiro atoms. The maximum Gasteiger partial charge on any atom is 0.246 e. The van der Waals surface area contributed by atoms with E-state index < -0.39 is 10.0 Å². The van der Waals surface area contributed by atoms with Gasteiger partial charge in [0.25, 0.3) is 0 Å². The van der Waals surface area contributed by atoms with Gasteiger partial charge in [-0.3, -0.25) is 0 Å². The number of nitrogens with zero attached hydrogens (tertiary/aromatic N) is 5. The quantitative estimate of drug-likeness (QED) is 0.491. The summed E-state index contributed by atoms with van der Waals surface area (Å²) in [6, 6.07) is 7.37. The highest BCUT2D eigenvalue weighted by molar-refractivity contribution is 7.89. The number of hydrogen-bond donors (Lipinski definition) is 2. The number of ether oxygens (including phenoxy) is 1. The molecule has 39 heavy (non-hydrogen) atoms. The van der Waals surface area contributed by atoms with Crippen molar-refractivity contribution in [2.45, 2.75) is 56.5 Å². The summed E-state index contributed by atoms with van der Waals surface area (Å²) in [6.45, 7) is 4.80. The van der Waals surface area contributed by atoms with Crippen molar-refractivity contribution in [3.05, 3.63) is 53.6 Å². The summed E-state index contributed by atoms with van der Waals surface area (Å²) >= 11 is 0. The van der Waals surface area contributed by atoms with Gasteiger partial charge in [-0.1, -0.05) is 19.4 Å². The fraction of sp³-hybridized carbons (Fsp3) is 0.464. The Morgan fingerprint density at radius 1 is 1.10 bits per heavy atom. The van der Waals surface area contributed by atoms with E-state index in [4.69, 9.17) is 21.2 Å². The number of anilines is 2. The molecular formula is C28H35N7O3S. The smallest absolute Gasteiger partial charge is 0.246 e. The van der Waals surface area contributed by atoms with E-state index in [0.29, 0.717) is 44.1 Å². The van der Waals surface area contributed by atoms with Crippen molar-refractivity contribution in [1.82, 2.24) is 19.3 Å². The third-order valence-corrected chi connectivity index (χ3v) is 10.1. The molecule has 3 aromatic rings. The van der Waals surface area contributed by atoms with Crippen molar-refractivity contribution in [3.8, 4) is 16.9 Å². The summed E-state index contributed by atoms with van der Waals surface area (Å²) in [4.78, 5) is 15.9. The Bertz CT molecular complexity index is 1500. The number of nitrogen functional groups attached to an aromatic ring is 1. The zero-order valence-electron chi connectivity index (χ0n) is 22.2. The first-order valence-corrected chi connectivity index (χ1v) is 15.1. The Hall–Kier alpha value is -3.28. The van der Waals surface area contributed by atoms with Crippen molar-refractivity contribution in [2.75, 3.05) is 36.9 Å². The maximum absolute atomic E-state index is 13.3. The molecule has 2 atom stereocenters. The molecule has 2 aliphatic heterocycles. The SMILES string of the molecule is CC[C@H]1CCc2c(ncnc2N2CCOc3ccc(-c4cnc(N)c(S(=O)(=O)N5CC[C@@H](N)C5)c4)cc3C2)C1. The first-order valence-electron chi connectivity index (χ1n) is 13.7. The van der Waals surface area contributed by atoms with Crippen LogP contribution in [0.15, 0.2) is 41.7 Å². The van der Waals surface area contributed by atoms with Crippen molar-refractivity contribution in [3.63, 3.8) is 0 Å². The second-order valence-corrected chi connectivity index (χ2v) is 12.7. The second kappa shape index (κ2) is 10.4. The average molecular weight is 550 g/mol. The number of sulfonamides is 1. The lowest BCUT2D eigenvalue weighted by Gasteiger charge is -2.29. The number of hydrogen-bond acceptors (Lipinski definition) is 9. The highest BCUT2D eigenvalue weighted by Crippen LogP contribution is 2.36. The Balaban J connectivity index is 1.31. The molecule has 4 heterocycles. The fourth-order valence-electron chi connectivity index (χ4n) is 5.90. The average Bonchev–Trinajstić information content (AvgIpc) is 3.28. The molecular weight excluding hydrogens is 514 g/mol. The zero-order valence-corrected chi connectivity index (χ0v) is 23.0. The van der Waals surface area contributed by atoms with Crippen LogP contribution in [-0.4, -0.2) is 60.0 Å². The molecule has 0 bridgehead atoms. The third-order valence-electron chi connectivity index (χ3n) is 8.23. The van der Waals surface area contributed by atoms with Crippen LogP contribution in [0, 0.1) is 5.92 Å². The van der Waals surface area contributed by atoms with Gasteiger partial charge >= 0.3 is 0 Å². The van der Waals surface area contributed by atoms with E-state index in [-0.39, 0.29) is 23.3 Å². The van der Waals surface area contributed by atoms with Gasteiger partial charge in [0.05, 0.1) is 6.54 Å². The molecule has 1 saturated heterocycles. The molecule has 1 aliphatic carbocycles. The van der Waals surface area contributed by atoms with Gasteiger partial charge in [-0.05, 0) is 55.4 Å². The standard InChI is InChI=1S/C28H35N7O3S/c1-2-18-3-5-23-24(11-18)32-17-33-28(23)34-9-10-38-25-6-4-19(12-21(25)15-34)20-13-26(27(30)31-14-20)39(36,37)35-8-7-22(29)16-35/h4,6,12-14,17-18,22H,2-3,5,7-11,15-16,29H2,1H3,(H2,30,31)/t18-,22+/m0/s1. The van der Waals surface area contributed by atoms with Crippen LogP contribution in [0.25, 0.3) is 11.1 Å². The second-order valence-electron chi connectivity index (χ2n) is 10.8. The molecule has 0 saturated carbocycles. The van der Waals surface area contributed by atoms with Crippen LogP contribution >= 0.6 is 0 Å². The predicted octanol–water partition coefficient (Wildman–Crippen LogP) is 2.76. The van der Waals surface area contributed by atoms with Crippen LogP contribution in [0.5, 0.6) is 5.75 Å². The number of nitrogens with two attached hydrogens (primary N) is 2. The van der Waals surface area contributed by atoms with Crippen LogP contribution < -0.4 is 21.1 Å². The van der Waals surface area contributed by atoms with E-state index in [1.165, 1.54) is 16.3 Å². The normalized spacial score (nSPS) is 21.6. The Morgan fingerprint density at radius 3 is 2.77 bits per heavy atom. The molecule has 0 radical (unpaired) electrons. The summed E-state index contributed by atoms with van der Waals surface area (Å²) in [5.41, 5.74) is 17.0. The molecule has 10 nitrogen and oxygen atoms in total. The largest absolute Gasteiger partial charge is 0.491 e. The van der Waals surface area contributed by atoms with E-state index in [1.807, 2.05) is 18.2 Å². The van der Waals surface area contributed by atoms with Crippen LogP contribution in [0.2, 0.25) is 0 Å². The van der Waals surface area contributed by atoms with Crippen LogP contribution in [0.3, 0.4) is 0 Å². The van der Waals surface area contributed by atoms with Crippen LogP contribution in [0.4, 0.5) is 11.6 Å². The molecule has 11 heteroatoms. The monoisotopic (exact) mass is 549 g/mol. The van der Waals surface area contributed by atoms with Gasteiger partial charge in [0.2, 0.25) is 10.0 Å². The summed E-state index contributed by atoms with van der Waals surface area (Å²) < 4.78 is 34.2. The van der Waals surface area contributed by atoms with Crippen molar-refractivity contribution >= 4 is 21.7 Å². The number of aromatic nitrogens is 3. The number of benzene rings is 1. The van der Waals surface area contributed by atoms with Gasteiger partial charge in [-0.15, -0.1) is 0 Å². The molecule has 6 rings (SSSR count). The van der Waals surface area contributed by atoms with E-state index >= 15 is 0 Å². The minimum absolute atomic E-state index is 0.0117. The van der Waals surface area contributed by atoms with E-state index in [1.54, 1.807) is 18.6 Å². The number of fused-ring (bicyclic) bond motifs is 2. The molecule has 1 aromatic carbocycles. The lowest BCUT2D eigenvalue weighted by Crippen LogP contribution is -2.32. The molecule has 4 N–H and O–H groups in total. The van der Waals surface area contributed by atoms with E-state index in [9.17, 15) is 8.42 Å². The number of pyridine rings is 1. The van der Waals surface area contributed by atoms with Crippen LogP contribution in [0.1, 0.15) is 43.0 Å². The van der Waals surface area contributed by atoms with E-state index in [2.05, 4.69) is 21.8 Å².